The lowest BCUT2D eigenvalue weighted by Crippen LogP contribution is -2.09. The van der Waals surface area contributed by atoms with E-state index in [4.69, 9.17) is 0 Å². The molecule has 3 aromatic rings. The van der Waals surface area contributed by atoms with E-state index in [0.717, 1.165) is 27.7 Å². The highest BCUT2D eigenvalue weighted by Gasteiger charge is 2.21. The van der Waals surface area contributed by atoms with Gasteiger partial charge in [0, 0.05) is 16.8 Å². The molecule has 1 atom stereocenters. The fraction of sp³-hybridized carbons (Fsp3) is 0.214. The zero-order chi connectivity index (χ0) is 13.4. The number of hydrogen-bond donors (Lipinski definition) is 1. The monoisotopic (exact) mass is 336 g/mol. The van der Waals surface area contributed by atoms with Crippen LogP contribution in [0.15, 0.2) is 40.3 Å². The molecule has 3 rings (SSSR count). The van der Waals surface area contributed by atoms with Crippen molar-refractivity contribution in [1.82, 2.24) is 9.78 Å². The second-order valence-corrected chi connectivity index (χ2v) is 6.05. The molecule has 0 aliphatic carbocycles. The van der Waals surface area contributed by atoms with Gasteiger partial charge in [-0.25, -0.2) is 0 Å². The van der Waals surface area contributed by atoms with Gasteiger partial charge in [-0.2, -0.15) is 5.10 Å². The first kappa shape index (κ1) is 12.8. The van der Waals surface area contributed by atoms with Crippen LogP contribution in [0.25, 0.3) is 10.1 Å². The number of aliphatic hydroxyl groups is 1. The third-order valence-electron chi connectivity index (χ3n) is 3.20. The Morgan fingerprint density at radius 2 is 2.21 bits per heavy atom. The molecule has 5 heteroatoms. The summed E-state index contributed by atoms with van der Waals surface area (Å²) in [5, 5.41) is 18.1. The molecule has 2 heterocycles. The number of hydrogen-bond acceptors (Lipinski definition) is 3. The summed E-state index contributed by atoms with van der Waals surface area (Å²) in [5.74, 6) is 0. The number of rotatable bonds is 3. The topological polar surface area (TPSA) is 38.0 Å². The molecule has 1 aromatic carbocycles. The van der Waals surface area contributed by atoms with Crippen molar-refractivity contribution in [2.24, 2.45) is 0 Å². The highest BCUT2D eigenvalue weighted by atomic mass is 79.9. The van der Waals surface area contributed by atoms with Gasteiger partial charge in [0.2, 0.25) is 0 Å². The standard InChI is InChI=1S/C14H13BrN2OS/c1-2-17-13(11(15)7-16-17)14(18)10-8-19-12-6-4-3-5-9(10)12/h3-8,14,18H,2H2,1H3. The molecule has 1 N–H and O–H groups in total. The Morgan fingerprint density at radius 3 is 3.00 bits per heavy atom. The van der Waals surface area contributed by atoms with Gasteiger partial charge in [-0.15, -0.1) is 11.3 Å². The minimum absolute atomic E-state index is 0.659. The van der Waals surface area contributed by atoms with Gasteiger partial charge in [-0.3, -0.25) is 4.68 Å². The van der Waals surface area contributed by atoms with Gasteiger partial charge in [-0.05, 0) is 39.7 Å². The number of thiophene rings is 1. The van der Waals surface area contributed by atoms with Crippen molar-refractivity contribution in [3.63, 3.8) is 0 Å². The Bertz CT molecular complexity index is 719. The van der Waals surface area contributed by atoms with E-state index in [0.29, 0.717) is 0 Å². The minimum atomic E-state index is -0.659. The van der Waals surface area contributed by atoms with E-state index < -0.39 is 6.10 Å². The molecule has 0 saturated heterocycles. The SMILES string of the molecule is CCn1ncc(Br)c1C(O)c1csc2ccccc12. The van der Waals surface area contributed by atoms with Gasteiger partial charge in [0.05, 0.1) is 16.4 Å². The Balaban J connectivity index is 2.13. The van der Waals surface area contributed by atoms with Crippen LogP contribution in [0.1, 0.15) is 24.3 Å². The Kier molecular flexibility index (Phi) is 3.43. The van der Waals surface area contributed by atoms with Crippen LogP contribution in [0.5, 0.6) is 0 Å². The molecule has 0 radical (unpaired) electrons. The lowest BCUT2D eigenvalue weighted by Gasteiger charge is -2.13. The van der Waals surface area contributed by atoms with E-state index in [2.05, 4.69) is 27.1 Å². The van der Waals surface area contributed by atoms with Crippen LogP contribution in [-0.4, -0.2) is 14.9 Å². The van der Waals surface area contributed by atoms with Gasteiger partial charge in [-0.1, -0.05) is 18.2 Å². The van der Waals surface area contributed by atoms with Crippen molar-refractivity contribution in [3.05, 3.63) is 51.6 Å². The van der Waals surface area contributed by atoms with Crippen molar-refractivity contribution >= 4 is 37.4 Å². The normalized spacial score (nSPS) is 13.0. The summed E-state index contributed by atoms with van der Waals surface area (Å²) in [6.07, 6.45) is 1.07. The summed E-state index contributed by atoms with van der Waals surface area (Å²) in [7, 11) is 0. The lowest BCUT2D eigenvalue weighted by molar-refractivity contribution is 0.209. The molecule has 1 unspecified atom stereocenters. The molecule has 98 valence electrons. The van der Waals surface area contributed by atoms with Crippen molar-refractivity contribution in [2.75, 3.05) is 0 Å². The molecule has 0 saturated carbocycles. The van der Waals surface area contributed by atoms with E-state index in [-0.39, 0.29) is 0 Å². The van der Waals surface area contributed by atoms with Crippen molar-refractivity contribution in [1.29, 1.82) is 0 Å². The van der Waals surface area contributed by atoms with Crippen LogP contribution in [0.4, 0.5) is 0 Å². The first-order chi connectivity index (χ1) is 9.22. The predicted molar refractivity (Wildman–Crippen MR) is 81.5 cm³/mol. The zero-order valence-corrected chi connectivity index (χ0v) is 12.8. The predicted octanol–water partition coefficient (Wildman–Crippen LogP) is 3.96. The third-order valence-corrected chi connectivity index (χ3v) is 4.79. The number of nitrogens with zero attached hydrogens (tertiary/aromatic N) is 2. The van der Waals surface area contributed by atoms with Gasteiger partial charge < -0.3 is 5.11 Å². The minimum Gasteiger partial charge on any atom is -0.382 e. The Labute approximate surface area is 123 Å². The second kappa shape index (κ2) is 5.07. The fourth-order valence-corrected chi connectivity index (χ4v) is 3.75. The number of benzene rings is 1. The molecule has 0 bridgehead atoms. The van der Waals surface area contributed by atoms with Gasteiger partial charge >= 0.3 is 0 Å². The molecule has 19 heavy (non-hydrogen) atoms. The van der Waals surface area contributed by atoms with E-state index in [1.54, 1.807) is 17.5 Å². The van der Waals surface area contributed by atoms with Crippen LogP contribution in [0, 0.1) is 0 Å². The average molecular weight is 337 g/mol. The first-order valence-corrected chi connectivity index (χ1v) is 7.75. The number of fused-ring (bicyclic) bond motifs is 1. The second-order valence-electron chi connectivity index (χ2n) is 4.28. The highest BCUT2D eigenvalue weighted by molar-refractivity contribution is 9.10. The molecular weight excluding hydrogens is 324 g/mol. The molecule has 0 spiro atoms. The van der Waals surface area contributed by atoms with Crippen molar-refractivity contribution in [3.8, 4) is 0 Å². The van der Waals surface area contributed by atoms with Crippen LogP contribution in [0.2, 0.25) is 0 Å². The fourth-order valence-electron chi connectivity index (χ4n) is 2.25. The lowest BCUT2D eigenvalue weighted by atomic mass is 10.1. The summed E-state index contributed by atoms with van der Waals surface area (Å²) >= 11 is 5.12. The van der Waals surface area contributed by atoms with E-state index >= 15 is 0 Å². The van der Waals surface area contributed by atoms with Crippen LogP contribution < -0.4 is 0 Å². The number of aryl methyl sites for hydroxylation is 1. The zero-order valence-electron chi connectivity index (χ0n) is 10.4. The van der Waals surface area contributed by atoms with E-state index in [1.807, 2.05) is 35.2 Å². The average Bonchev–Trinajstić information content (AvgIpc) is 3.01. The summed E-state index contributed by atoms with van der Waals surface area (Å²) in [6.45, 7) is 2.75. The van der Waals surface area contributed by atoms with Gasteiger partial charge in [0.15, 0.2) is 0 Å². The maximum absolute atomic E-state index is 10.7. The van der Waals surface area contributed by atoms with Gasteiger partial charge in [0.1, 0.15) is 6.10 Å². The first-order valence-electron chi connectivity index (χ1n) is 6.07. The molecule has 3 nitrogen and oxygen atoms in total. The van der Waals surface area contributed by atoms with E-state index in [9.17, 15) is 5.11 Å². The van der Waals surface area contributed by atoms with Crippen LogP contribution in [-0.2, 0) is 6.54 Å². The molecule has 0 fully saturated rings. The van der Waals surface area contributed by atoms with E-state index in [1.165, 1.54) is 4.70 Å². The quantitative estimate of drug-likeness (QED) is 0.786. The summed E-state index contributed by atoms with van der Waals surface area (Å²) in [5.41, 5.74) is 1.75. The summed E-state index contributed by atoms with van der Waals surface area (Å²) in [4.78, 5) is 0. The Morgan fingerprint density at radius 1 is 1.42 bits per heavy atom. The summed E-state index contributed by atoms with van der Waals surface area (Å²) in [6, 6.07) is 8.13. The number of halogens is 1. The number of aromatic nitrogens is 2. The largest absolute Gasteiger partial charge is 0.382 e. The smallest absolute Gasteiger partial charge is 0.123 e. The Hall–Kier alpha value is -1.17. The molecule has 0 aliphatic heterocycles. The van der Waals surface area contributed by atoms with Crippen molar-refractivity contribution in [2.45, 2.75) is 19.6 Å². The summed E-state index contributed by atoms with van der Waals surface area (Å²) < 4.78 is 3.86. The molecular formula is C14H13BrN2OS. The molecule has 0 aliphatic rings. The molecule has 2 aromatic heterocycles. The maximum atomic E-state index is 10.7. The number of aliphatic hydroxyl groups excluding tert-OH is 1. The van der Waals surface area contributed by atoms with Crippen molar-refractivity contribution < 1.29 is 5.11 Å². The third kappa shape index (κ3) is 2.12. The van der Waals surface area contributed by atoms with Crippen LogP contribution >= 0.6 is 27.3 Å². The molecule has 0 amide bonds. The van der Waals surface area contributed by atoms with Gasteiger partial charge in [0.25, 0.3) is 0 Å². The highest BCUT2D eigenvalue weighted by Crippen LogP contribution is 2.35. The maximum Gasteiger partial charge on any atom is 0.123 e. The van der Waals surface area contributed by atoms with Crippen LogP contribution in [0.3, 0.4) is 0 Å².